The number of hydrogen-bond donors (Lipinski definition) is 2. The van der Waals surface area contributed by atoms with Crippen molar-refractivity contribution in [2.75, 3.05) is 18.0 Å². The van der Waals surface area contributed by atoms with Crippen LogP contribution < -0.4 is 21.1 Å². The van der Waals surface area contributed by atoms with Gasteiger partial charge >= 0.3 is 6.03 Å². The van der Waals surface area contributed by atoms with Gasteiger partial charge in [-0.05, 0) is 12.8 Å². The van der Waals surface area contributed by atoms with E-state index in [9.17, 15) is 9.59 Å². The Balaban J connectivity index is 1.56. The zero-order valence-corrected chi connectivity index (χ0v) is 14.3. The maximum absolute atomic E-state index is 12.2. The lowest BCUT2D eigenvalue weighted by Crippen LogP contribution is -2.51. The largest absolute Gasteiger partial charge is 0.350 e. The third-order valence-electron chi connectivity index (χ3n) is 3.97. The molecule has 0 radical (unpaired) electrons. The molecule has 0 bridgehead atoms. The fourth-order valence-electron chi connectivity index (χ4n) is 2.72. The standard InChI is InChI=1S/C15H20N6O2S/c1-20-6-4-16-13(14(20)22)21-5-2-3-11(8-21)19-15(23)17-7-12-9-24-10-18-12/h4,6,9-11H,2-3,5,7-8H2,1H3,(H2,17,19,23)/t11-/m1/s1. The molecule has 9 heteroatoms. The van der Waals surface area contributed by atoms with Crippen LogP contribution in [0.5, 0.6) is 0 Å². The van der Waals surface area contributed by atoms with Gasteiger partial charge in [-0.2, -0.15) is 0 Å². The molecule has 2 aromatic rings. The zero-order valence-electron chi connectivity index (χ0n) is 13.4. The highest BCUT2D eigenvalue weighted by atomic mass is 32.1. The number of piperidine rings is 1. The summed E-state index contributed by atoms with van der Waals surface area (Å²) in [4.78, 5) is 34.5. The Morgan fingerprint density at radius 1 is 1.46 bits per heavy atom. The number of aryl methyl sites for hydroxylation is 1. The molecule has 0 aromatic carbocycles. The molecule has 3 heterocycles. The predicted molar refractivity (Wildman–Crippen MR) is 92.2 cm³/mol. The molecule has 1 atom stereocenters. The highest BCUT2D eigenvalue weighted by molar-refractivity contribution is 7.07. The Morgan fingerprint density at radius 2 is 2.33 bits per heavy atom. The normalized spacial score (nSPS) is 17.5. The molecular formula is C15H20N6O2S. The summed E-state index contributed by atoms with van der Waals surface area (Å²) >= 11 is 1.50. The molecule has 128 valence electrons. The molecule has 3 rings (SSSR count). The minimum atomic E-state index is -0.219. The maximum atomic E-state index is 12.2. The summed E-state index contributed by atoms with van der Waals surface area (Å²) in [6, 6.07) is -0.232. The first kappa shape index (κ1) is 16.4. The van der Waals surface area contributed by atoms with Crippen LogP contribution in [0.2, 0.25) is 0 Å². The summed E-state index contributed by atoms with van der Waals surface area (Å²) in [5.74, 6) is 0.439. The number of aromatic nitrogens is 3. The summed E-state index contributed by atoms with van der Waals surface area (Å²) in [5.41, 5.74) is 2.46. The number of amides is 2. The minimum absolute atomic E-state index is 0.0131. The second-order valence-electron chi connectivity index (χ2n) is 5.76. The van der Waals surface area contributed by atoms with Gasteiger partial charge in [0.15, 0.2) is 5.82 Å². The van der Waals surface area contributed by atoms with Gasteiger partial charge < -0.3 is 20.1 Å². The average molecular weight is 348 g/mol. The van der Waals surface area contributed by atoms with Crippen molar-refractivity contribution in [2.24, 2.45) is 7.05 Å². The molecule has 1 aliphatic heterocycles. The molecule has 0 unspecified atom stereocenters. The highest BCUT2D eigenvalue weighted by Crippen LogP contribution is 2.14. The van der Waals surface area contributed by atoms with E-state index >= 15 is 0 Å². The molecular weight excluding hydrogens is 328 g/mol. The third-order valence-corrected chi connectivity index (χ3v) is 4.60. The van der Waals surface area contributed by atoms with Crippen LogP contribution in [0.3, 0.4) is 0 Å². The summed E-state index contributed by atoms with van der Waals surface area (Å²) < 4.78 is 1.51. The first-order chi connectivity index (χ1) is 11.6. The van der Waals surface area contributed by atoms with E-state index in [4.69, 9.17) is 0 Å². The first-order valence-corrected chi connectivity index (χ1v) is 8.76. The molecule has 2 aromatic heterocycles. The quantitative estimate of drug-likeness (QED) is 0.849. The van der Waals surface area contributed by atoms with Crippen molar-refractivity contribution < 1.29 is 4.79 Å². The number of carbonyl (C=O) groups is 1. The molecule has 2 amide bonds. The van der Waals surface area contributed by atoms with Crippen molar-refractivity contribution in [1.29, 1.82) is 0 Å². The molecule has 0 spiro atoms. The van der Waals surface area contributed by atoms with E-state index in [1.165, 1.54) is 15.9 Å². The monoisotopic (exact) mass is 348 g/mol. The van der Waals surface area contributed by atoms with Gasteiger partial charge in [-0.15, -0.1) is 11.3 Å². The predicted octanol–water partition coefficient (Wildman–Crippen LogP) is 0.705. The molecule has 24 heavy (non-hydrogen) atoms. The van der Waals surface area contributed by atoms with Gasteiger partial charge in [-0.3, -0.25) is 4.79 Å². The van der Waals surface area contributed by atoms with Gasteiger partial charge in [0.25, 0.3) is 5.56 Å². The zero-order chi connectivity index (χ0) is 16.9. The van der Waals surface area contributed by atoms with Gasteiger partial charge in [0, 0.05) is 44.0 Å². The average Bonchev–Trinajstić information content (AvgIpc) is 3.09. The van der Waals surface area contributed by atoms with Gasteiger partial charge in [-0.1, -0.05) is 0 Å². The van der Waals surface area contributed by atoms with Crippen LogP contribution in [-0.2, 0) is 13.6 Å². The van der Waals surface area contributed by atoms with Crippen molar-refractivity contribution in [3.8, 4) is 0 Å². The second-order valence-corrected chi connectivity index (χ2v) is 6.48. The third kappa shape index (κ3) is 3.91. The van der Waals surface area contributed by atoms with Crippen LogP contribution in [0.4, 0.5) is 10.6 Å². The minimum Gasteiger partial charge on any atom is -0.350 e. The summed E-state index contributed by atoms with van der Waals surface area (Å²) in [6.07, 6.45) is 5.04. The van der Waals surface area contributed by atoms with Crippen molar-refractivity contribution in [2.45, 2.75) is 25.4 Å². The fourth-order valence-corrected chi connectivity index (χ4v) is 3.28. The highest BCUT2D eigenvalue weighted by Gasteiger charge is 2.24. The van der Waals surface area contributed by atoms with E-state index in [1.54, 1.807) is 25.0 Å². The number of nitrogens with zero attached hydrogens (tertiary/aromatic N) is 4. The smallest absolute Gasteiger partial charge is 0.315 e. The number of thiazole rings is 1. The number of hydrogen-bond acceptors (Lipinski definition) is 6. The van der Waals surface area contributed by atoms with Crippen molar-refractivity contribution >= 4 is 23.2 Å². The SMILES string of the molecule is Cn1ccnc(N2CCC[C@@H](NC(=O)NCc3cscn3)C2)c1=O. The van der Waals surface area contributed by atoms with E-state index in [0.29, 0.717) is 18.9 Å². The van der Waals surface area contributed by atoms with E-state index in [-0.39, 0.29) is 17.6 Å². The number of anilines is 1. The van der Waals surface area contributed by atoms with Crippen LogP contribution in [0.15, 0.2) is 28.1 Å². The molecule has 0 aliphatic carbocycles. The van der Waals surface area contributed by atoms with E-state index in [2.05, 4.69) is 20.6 Å². The maximum Gasteiger partial charge on any atom is 0.315 e. The number of urea groups is 1. The molecule has 1 saturated heterocycles. The van der Waals surface area contributed by atoms with Crippen LogP contribution in [-0.4, -0.2) is 39.7 Å². The van der Waals surface area contributed by atoms with Gasteiger partial charge in [0.1, 0.15) is 0 Å². The van der Waals surface area contributed by atoms with Crippen molar-refractivity contribution in [3.05, 3.63) is 39.3 Å². The lowest BCUT2D eigenvalue weighted by atomic mass is 10.1. The van der Waals surface area contributed by atoms with Crippen LogP contribution in [0.1, 0.15) is 18.5 Å². The van der Waals surface area contributed by atoms with Crippen molar-refractivity contribution in [1.82, 2.24) is 25.2 Å². The molecule has 1 fully saturated rings. The van der Waals surface area contributed by atoms with E-state index in [0.717, 1.165) is 25.1 Å². The number of rotatable bonds is 4. The van der Waals surface area contributed by atoms with Gasteiger partial charge in [-0.25, -0.2) is 14.8 Å². The Kier molecular flexibility index (Phi) is 5.09. The van der Waals surface area contributed by atoms with Crippen LogP contribution in [0.25, 0.3) is 0 Å². The molecule has 2 N–H and O–H groups in total. The number of carbonyl (C=O) groups excluding carboxylic acids is 1. The topological polar surface area (TPSA) is 92.2 Å². The number of nitrogens with one attached hydrogen (secondary N) is 2. The van der Waals surface area contributed by atoms with Gasteiger partial charge in [0.05, 0.1) is 17.7 Å². The summed E-state index contributed by atoms with van der Waals surface area (Å²) in [6.45, 7) is 1.76. The lowest BCUT2D eigenvalue weighted by molar-refractivity contribution is 0.234. The summed E-state index contributed by atoms with van der Waals surface area (Å²) in [7, 11) is 1.71. The lowest BCUT2D eigenvalue weighted by Gasteiger charge is -2.33. The Labute approximate surface area is 143 Å². The van der Waals surface area contributed by atoms with Gasteiger partial charge in [0.2, 0.25) is 0 Å². The Morgan fingerprint density at radius 3 is 3.12 bits per heavy atom. The first-order valence-electron chi connectivity index (χ1n) is 7.81. The van der Waals surface area contributed by atoms with E-state index in [1.807, 2.05) is 10.3 Å². The Hall–Kier alpha value is -2.42. The fraction of sp³-hybridized carbons (Fsp3) is 0.467. The summed E-state index contributed by atoms with van der Waals surface area (Å²) in [5, 5.41) is 7.67. The second kappa shape index (κ2) is 7.43. The molecule has 0 saturated carbocycles. The van der Waals surface area contributed by atoms with Crippen LogP contribution in [0, 0.1) is 0 Å². The Bertz CT molecular complexity index is 745. The van der Waals surface area contributed by atoms with Crippen LogP contribution >= 0.6 is 11.3 Å². The molecule has 8 nitrogen and oxygen atoms in total. The molecule has 1 aliphatic rings. The van der Waals surface area contributed by atoms with E-state index < -0.39 is 0 Å². The van der Waals surface area contributed by atoms with Crippen molar-refractivity contribution in [3.63, 3.8) is 0 Å².